The fourth-order valence-corrected chi connectivity index (χ4v) is 5.66. The molecule has 7 nitrogen and oxygen atoms in total. The van der Waals surface area contributed by atoms with E-state index in [1.165, 1.54) is 22.3 Å². The number of ether oxygens (including phenoxy) is 1. The highest BCUT2D eigenvalue weighted by Crippen LogP contribution is 2.44. The van der Waals surface area contributed by atoms with Gasteiger partial charge in [0.05, 0.1) is 6.42 Å². The molecular formula is C28H32N2O5. The van der Waals surface area contributed by atoms with Crippen LogP contribution in [-0.4, -0.2) is 53.2 Å². The lowest BCUT2D eigenvalue weighted by atomic mass is 9.84. The normalized spacial score (nSPS) is 21.0. The number of carboxylic acid groups (broad SMARTS) is 1. The zero-order valence-electron chi connectivity index (χ0n) is 19.8. The fraction of sp³-hybridized carbons (Fsp3) is 0.464. The molecule has 7 heteroatoms. The number of nitrogens with one attached hydrogen (secondary N) is 1. The number of aliphatic carboxylic acids is 1. The second-order valence-electron chi connectivity index (χ2n) is 9.94. The highest BCUT2D eigenvalue weighted by Gasteiger charge is 2.38. The van der Waals surface area contributed by atoms with Crippen molar-refractivity contribution in [1.82, 2.24) is 10.2 Å². The maximum Gasteiger partial charge on any atom is 0.407 e. The quantitative estimate of drug-likeness (QED) is 0.583. The zero-order chi connectivity index (χ0) is 24.4. The van der Waals surface area contributed by atoms with Crippen molar-refractivity contribution in [1.29, 1.82) is 0 Å². The SMILES string of the molecule is O=C(O)CCN(C(=O)[C@@H]1CCC[C@H](NC(=O)OCC2c3ccccc3-c3ccccc32)C1)C1CC1. The number of nitrogens with zero attached hydrogens (tertiary/aromatic N) is 1. The van der Waals surface area contributed by atoms with E-state index in [-0.39, 0.29) is 49.4 Å². The first-order chi connectivity index (χ1) is 17.0. The minimum absolute atomic E-state index is 0.00941. The molecule has 3 aliphatic rings. The molecular weight excluding hydrogens is 444 g/mol. The predicted molar refractivity (Wildman–Crippen MR) is 131 cm³/mol. The number of hydrogen-bond acceptors (Lipinski definition) is 4. The Morgan fingerprint density at radius 1 is 0.943 bits per heavy atom. The van der Waals surface area contributed by atoms with E-state index in [9.17, 15) is 14.4 Å². The van der Waals surface area contributed by atoms with Crippen LogP contribution in [0.1, 0.15) is 62.0 Å². The average molecular weight is 477 g/mol. The monoisotopic (exact) mass is 476 g/mol. The zero-order valence-corrected chi connectivity index (χ0v) is 19.8. The summed E-state index contributed by atoms with van der Waals surface area (Å²) in [7, 11) is 0. The summed E-state index contributed by atoms with van der Waals surface area (Å²) in [4.78, 5) is 38.6. The van der Waals surface area contributed by atoms with E-state index >= 15 is 0 Å². The Bertz CT molecular complexity index is 1070. The van der Waals surface area contributed by atoms with E-state index in [0.29, 0.717) is 6.42 Å². The summed E-state index contributed by atoms with van der Waals surface area (Å²) in [5.74, 6) is -1.03. The Hall–Kier alpha value is -3.35. The summed E-state index contributed by atoms with van der Waals surface area (Å²) in [5.41, 5.74) is 4.72. The summed E-state index contributed by atoms with van der Waals surface area (Å²) in [6.45, 7) is 0.527. The molecule has 0 aromatic heterocycles. The van der Waals surface area contributed by atoms with Crippen LogP contribution >= 0.6 is 0 Å². The van der Waals surface area contributed by atoms with Gasteiger partial charge in [-0.25, -0.2) is 4.79 Å². The van der Waals surface area contributed by atoms with Crippen LogP contribution in [0.3, 0.4) is 0 Å². The van der Waals surface area contributed by atoms with Gasteiger partial charge in [0.1, 0.15) is 6.61 Å². The van der Waals surface area contributed by atoms with E-state index in [2.05, 4.69) is 29.6 Å². The van der Waals surface area contributed by atoms with E-state index in [4.69, 9.17) is 9.84 Å². The highest BCUT2D eigenvalue weighted by molar-refractivity contribution is 5.81. The Morgan fingerprint density at radius 2 is 1.60 bits per heavy atom. The molecule has 5 rings (SSSR count). The molecule has 2 N–H and O–H groups in total. The summed E-state index contributed by atoms with van der Waals surface area (Å²) in [5, 5.41) is 12.0. The van der Waals surface area contributed by atoms with Crippen LogP contribution in [0.25, 0.3) is 11.1 Å². The largest absolute Gasteiger partial charge is 0.481 e. The molecule has 35 heavy (non-hydrogen) atoms. The van der Waals surface area contributed by atoms with Crippen molar-refractivity contribution >= 4 is 18.0 Å². The molecule has 3 aliphatic carbocycles. The maximum absolute atomic E-state index is 13.1. The topological polar surface area (TPSA) is 95.9 Å². The molecule has 0 radical (unpaired) electrons. The number of rotatable bonds is 8. The van der Waals surface area contributed by atoms with Gasteiger partial charge in [-0.3, -0.25) is 9.59 Å². The van der Waals surface area contributed by atoms with Gasteiger partial charge in [-0.15, -0.1) is 0 Å². The van der Waals surface area contributed by atoms with Crippen molar-refractivity contribution in [2.24, 2.45) is 5.92 Å². The van der Waals surface area contributed by atoms with Crippen molar-refractivity contribution in [3.63, 3.8) is 0 Å². The van der Waals surface area contributed by atoms with Gasteiger partial charge in [0, 0.05) is 30.5 Å². The summed E-state index contributed by atoms with van der Waals surface area (Å²) in [6.07, 6.45) is 4.41. The molecule has 0 unspecified atom stereocenters. The van der Waals surface area contributed by atoms with Crippen molar-refractivity contribution in [2.75, 3.05) is 13.2 Å². The van der Waals surface area contributed by atoms with Gasteiger partial charge in [0.25, 0.3) is 0 Å². The van der Waals surface area contributed by atoms with Gasteiger partial charge in [0.2, 0.25) is 5.91 Å². The van der Waals surface area contributed by atoms with Crippen molar-refractivity contribution in [2.45, 2.75) is 62.9 Å². The van der Waals surface area contributed by atoms with Gasteiger partial charge >= 0.3 is 12.1 Å². The first-order valence-corrected chi connectivity index (χ1v) is 12.6. The first-order valence-electron chi connectivity index (χ1n) is 12.6. The number of amides is 2. The molecule has 2 aromatic rings. The summed E-state index contributed by atoms with van der Waals surface area (Å²) < 4.78 is 5.69. The number of fused-ring (bicyclic) bond motifs is 3. The lowest BCUT2D eigenvalue weighted by Crippen LogP contribution is -2.45. The number of carbonyl (C=O) groups excluding carboxylic acids is 2. The van der Waals surface area contributed by atoms with Gasteiger partial charge in [-0.05, 0) is 54.4 Å². The molecule has 2 saturated carbocycles. The Balaban J connectivity index is 1.16. The van der Waals surface area contributed by atoms with E-state index in [0.717, 1.165) is 32.1 Å². The van der Waals surface area contributed by atoms with Crippen LogP contribution < -0.4 is 5.32 Å². The second-order valence-corrected chi connectivity index (χ2v) is 9.94. The molecule has 2 aromatic carbocycles. The molecule has 184 valence electrons. The number of carboxylic acids is 1. The summed E-state index contributed by atoms with van der Waals surface area (Å²) in [6, 6.07) is 16.5. The smallest absolute Gasteiger partial charge is 0.407 e. The fourth-order valence-electron chi connectivity index (χ4n) is 5.66. The second kappa shape index (κ2) is 10.1. The third-order valence-corrected chi connectivity index (χ3v) is 7.53. The standard InChI is InChI=1S/C28H32N2O5/c31-26(32)14-15-30(20-12-13-20)27(33)18-6-5-7-19(16-18)29-28(34)35-17-25-23-10-3-1-8-21(23)22-9-2-4-11-24(22)25/h1-4,8-11,18-20,25H,5-7,12-17H2,(H,29,34)(H,31,32)/t18-,19+/m1/s1. The van der Waals surface area contributed by atoms with Crippen molar-refractivity contribution < 1.29 is 24.2 Å². The number of benzene rings is 2. The van der Waals surface area contributed by atoms with E-state index < -0.39 is 12.1 Å². The third kappa shape index (κ3) is 5.19. The van der Waals surface area contributed by atoms with Gasteiger partial charge in [-0.1, -0.05) is 55.0 Å². The predicted octanol–water partition coefficient (Wildman–Crippen LogP) is 4.55. The first kappa shape index (κ1) is 23.4. The molecule has 2 fully saturated rings. The van der Waals surface area contributed by atoms with Crippen LogP contribution in [0.15, 0.2) is 48.5 Å². The Labute approximate surface area is 205 Å². The van der Waals surface area contributed by atoms with Crippen molar-refractivity contribution in [3.8, 4) is 11.1 Å². The van der Waals surface area contributed by atoms with Crippen LogP contribution in [-0.2, 0) is 14.3 Å². The lowest BCUT2D eigenvalue weighted by molar-refractivity contribution is -0.140. The van der Waals surface area contributed by atoms with Gasteiger partial charge in [0.15, 0.2) is 0 Å². The summed E-state index contributed by atoms with van der Waals surface area (Å²) >= 11 is 0. The van der Waals surface area contributed by atoms with Crippen LogP contribution in [0.5, 0.6) is 0 Å². The molecule has 0 spiro atoms. The van der Waals surface area contributed by atoms with Crippen LogP contribution in [0, 0.1) is 5.92 Å². The number of carbonyl (C=O) groups is 3. The number of alkyl carbamates (subject to hydrolysis) is 1. The van der Waals surface area contributed by atoms with Crippen LogP contribution in [0.4, 0.5) is 4.79 Å². The molecule has 0 bridgehead atoms. The minimum Gasteiger partial charge on any atom is -0.481 e. The lowest BCUT2D eigenvalue weighted by Gasteiger charge is -2.33. The molecule has 2 amide bonds. The molecule has 0 aliphatic heterocycles. The highest BCUT2D eigenvalue weighted by atomic mass is 16.5. The minimum atomic E-state index is -0.887. The van der Waals surface area contributed by atoms with Gasteiger partial charge in [-0.2, -0.15) is 0 Å². The molecule has 2 atom stereocenters. The average Bonchev–Trinajstić information content (AvgIpc) is 3.65. The Morgan fingerprint density at radius 3 is 2.23 bits per heavy atom. The van der Waals surface area contributed by atoms with Crippen molar-refractivity contribution in [3.05, 3.63) is 59.7 Å². The molecule has 0 heterocycles. The maximum atomic E-state index is 13.1. The Kier molecular flexibility index (Phi) is 6.75. The van der Waals surface area contributed by atoms with E-state index in [1.807, 2.05) is 24.3 Å². The third-order valence-electron chi connectivity index (χ3n) is 7.53. The van der Waals surface area contributed by atoms with Gasteiger partial charge < -0.3 is 20.1 Å². The molecule has 0 saturated heterocycles. The van der Waals surface area contributed by atoms with Crippen LogP contribution in [0.2, 0.25) is 0 Å². The number of hydrogen-bond donors (Lipinski definition) is 2. The van der Waals surface area contributed by atoms with E-state index in [1.54, 1.807) is 4.90 Å².